The molecule has 2 rings (SSSR count). The normalized spacial score (nSPS) is 11.5. The van der Waals surface area contributed by atoms with E-state index < -0.39 is 18.1 Å². The number of carbonyl (C=O) groups is 2. The zero-order valence-electron chi connectivity index (χ0n) is 12.2. The van der Waals surface area contributed by atoms with Crippen LogP contribution in [0.1, 0.15) is 11.1 Å². The fraction of sp³-hybridized carbons (Fsp3) is 0.176. The Morgan fingerprint density at radius 2 is 1.74 bits per heavy atom. The first-order chi connectivity index (χ1) is 11.1. The van der Waals surface area contributed by atoms with Crippen LogP contribution >= 0.6 is 11.6 Å². The predicted octanol–water partition coefficient (Wildman–Crippen LogP) is 3.26. The van der Waals surface area contributed by atoms with Gasteiger partial charge >= 0.3 is 12.1 Å². The number of alkyl carbamates (subject to hydrolysis) is 1. The molecule has 0 saturated heterocycles. The van der Waals surface area contributed by atoms with E-state index in [4.69, 9.17) is 16.3 Å². The summed E-state index contributed by atoms with van der Waals surface area (Å²) in [6.07, 6.45) is -0.705. The molecule has 0 aromatic heterocycles. The standard InChI is InChI=1S/C17H16ClNO4/c18-14-9-5-4-8-13(14)10-15(16(20)21)19-17(22)23-11-12-6-2-1-3-7-12/h1-9,15H,10-11H2,(H,19,22)(H,20,21). The minimum atomic E-state index is -1.15. The van der Waals surface area contributed by atoms with Crippen molar-refractivity contribution in [2.45, 2.75) is 19.1 Å². The zero-order chi connectivity index (χ0) is 16.7. The fourth-order valence-corrected chi connectivity index (χ4v) is 2.20. The predicted molar refractivity (Wildman–Crippen MR) is 86.3 cm³/mol. The molecule has 120 valence electrons. The third-order valence-electron chi connectivity index (χ3n) is 3.18. The van der Waals surface area contributed by atoms with Gasteiger partial charge in [0.2, 0.25) is 0 Å². The Hall–Kier alpha value is -2.53. The minimum absolute atomic E-state index is 0.0745. The summed E-state index contributed by atoms with van der Waals surface area (Å²) in [5, 5.41) is 12.0. The summed E-state index contributed by atoms with van der Waals surface area (Å²) in [7, 11) is 0. The molecule has 2 aromatic rings. The molecule has 0 spiro atoms. The van der Waals surface area contributed by atoms with Gasteiger partial charge in [-0.3, -0.25) is 0 Å². The molecular formula is C17H16ClNO4. The van der Waals surface area contributed by atoms with Gasteiger partial charge in [0.1, 0.15) is 12.6 Å². The van der Waals surface area contributed by atoms with Crippen molar-refractivity contribution in [3.05, 3.63) is 70.7 Å². The number of carboxylic acid groups (broad SMARTS) is 1. The monoisotopic (exact) mass is 333 g/mol. The smallest absolute Gasteiger partial charge is 0.408 e. The number of hydrogen-bond acceptors (Lipinski definition) is 3. The summed E-state index contributed by atoms with van der Waals surface area (Å²) in [5.74, 6) is -1.15. The van der Waals surface area contributed by atoms with Crippen molar-refractivity contribution in [3.63, 3.8) is 0 Å². The summed E-state index contributed by atoms with van der Waals surface area (Å²) in [6.45, 7) is 0.0745. The van der Waals surface area contributed by atoms with Crippen LogP contribution < -0.4 is 5.32 Å². The molecule has 0 heterocycles. The van der Waals surface area contributed by atoms with E-state index in [1.54, 1.807) is 24.3 Å². The number of rotatable bonds is 6. The van der Waals surface area contributed by atoms with Crippen molar-refractivity contribution in [2.24, 2.45) is 0 Å². The number of halogens is 1. The van der Waals surface area contributed by atoms with Gasteiger partial charge in [0.15, 0.2) is 0 Å². The van der Waals surface area contributed by atoms with Gasteiger partial charge in [0.25, 0.3) is 0 Å². The molecule has 0 fully saturated rings. The molecule has 6 heteroatoms. The van der Waals surface area contributed by atoms with E-state index >= 15 is 0 Å². The van der Waals surface area contributed by atoms with Gasteiger partial charge in [-0.2, -0.15) is 0 Å². The van der Waals surface area contributed by atoms with Gasteiger partial charge in [0.05, 0.1) is 0 Å². The molecule has 1 amide bonds. The third-order valence-corrected chi connectivity index (χ3v) is 3.55. The highest BCUT2D eigenvalue weighted by Crippen LogP contribution is 2.16. The molecular weight excluding hydrogens is 318 g/mol. The van der Waals surface area contributed by atoms with E-state index in [2.05, 4.69) is 5.32 Å². The molecule has 0 saturated carbocycles. The van der Waals surface area contributed by atoms with Crippen LogP contribution in [0.2, 0.25) is 5.02 Å². The lowest BCUT2D eigenvalue weighted by molar-refractivity contribution is -0.139. The molecule has 1 unspecified atom stereocenters. The third kappa shape index (κ3) is 5.30. The van der Waals surface area contributed by atoms with Gasteiger partial charge in [-0.1, -0.05) is 60.1 Å². The number of hydrogen-bond donors (Lipinski definition) is 2. The number of ether oxygens (including phenoxy) is 1. The Balaban J connectivity index is 1.92. The van der Waals surface area contributed by atoms with Crippen LogP contribution in [0.15, 0.2) is 54.6 Å². The topological polar surface area (TPSA) is 75.6 Å². The Kier molecular flexibility index (Phi) is 6.00. The van der Waals surface area contributed by atoms with Crippen molar-refractivity contribution in [1.82, 2.24) is 5.32 Å². The fourth-order valence-electron chi connectivity index (χ4n) is 1.99. The lowest BCUT2D eigenvalue weighted by Gasteiger charge is -2.15. The van der Waals surface area contributed by atoms with Crippen molar-refractivity contribution in [1.29, 1.82) is 0 Å². The summed E-state index contributed by atoms with van der Waals surface area (Å²) in [4.78, 5) is 23.1. The highest BCUT2D eigenvalue weighted by molar-refractivity contribution is 6.31. The first-order valence-corrected chi connectivity index (χ1v) is 7.37. The maximum Gasteiger partial charge on any atom is 0.408 e. The van der Waals surface area contributed by atoms with Gasteiger partial charge < -0.3 is 15.2 Å². The van der Waals surface area contributed by atoms with E-state index in [1.807, 2.05) is 30.3 Å². The van der Waals surface area contributed by atoms with Gasteiger partial charge in [-0.15, -0.1) is 0 Å². The Bertz CT molecular complexity index is 675. The number of benzene rings is 2. The average molecular weight is 334 g/mol. The second kappa shape index (κ2) is 8.19. The van der Waals surface area contributed by atoms with E-state index in [0.717, 1.165) is 5.56 Å². The quantitative estimate of drug-likeness (QED) is 0.850. The van der Waals surface area contributed by atoms with Crippen molar-refractivity contribution >= 4 is 23.7 Å². The molecule has 0 aliphatic carbocycles. The Morgan fingerprint density at radius 3 is 2.39 bits per heavy atom. The van der Waals surface area contributed by atoms with E-state index in [0.29, 0.717) is 10.6 Å². The number of carbonyl (C=O) groups excluding carboxylic acids is 1. The Labute approximate surface area is 138 Å². The number of carboxylic acids is 1. The summed E-state index contributed by atoms with van der Waals surface area (Å²) in [6, 6.07) is 14.9. The van der Waals surface area contributed by atoms with Crippen molar-refractivity contribution in [2.75, 3.05) is 0 Å². The summed E-state index contributed by atoms with van der Waals surface area (Å²) < 4.78 is 5.03. The van der Waals surface area contributed by atoms with Gasteiger partial charge in [-0.25, -0.2) is 9.59 Å². The molecule has 5 nitrogen and oxygen atoms in total. The molecule has 1 atom stereocenters. The average Bonchev–Trinajstić information content (AvgIpc) is 2.55. The molecule has 0 bridgehead atoms. The van der Waals surface area contributed by atoms with Crippen LogP contribution in [0.5, 0.6) is 0 Å². The number of amides is 1. The summed E-state index contributed by atoms with van der Waals surface area (Å²) >= 11 is 6.01. The SMILES string of the molecule is O=C(NC(Cc1ccccc1Cl)C(=O)O)OCc1ccccc1. The van der Waals surface area contributed by atoms with Crippen molar-refractivity contribution in [3.8, 4) is 0 Å². The largest absolute Gasteiger partial charge is 0.480 e. The molecule has 2 N–H and O–H groups in total. The van der Waals surface area contributed by atoms with Crippen molar-refractivity contribution < 1.29 is 19.4 Å². The lowest BCUT2D eigenvalue weighted by Crippen LogP contribution is -2.42. The van der Waals surface area contributed by atoms with Crippen LogP contribution in [0.25, 0.3) is 0 Å². The summed E-state index contributed by atoms with van der Waals surface area (Å²) in [5.41, 5.74) is 1.46. The minimum Gasteiger partial charge on any atom is -0.480 e. The van der Waals surface area contributed by atoms with Gasteiger partial charge in [0, 0.05) is 11.4 Å². The highest BCUT2D eigenvalue weighted by Gasteiger charge is 2.22. The van der Waals surface area contributed by atoms with Gasteiger partial charge in [-0.05, 0) is 17.2 Å². The second-order valence-electron chi connectivity index (χ2n) is 4.89. The van der Waals surface area contributed by atoms with Crippen LogP contribution in [-0.4, -0.2) is 23.2 Å². The maximum absolute atomic E-state index is 11.8. The number of nitrogens with one attached hydrogen (secondary N) is 1. The van der Waals surface area contributed by atoms with E-state index in [-0.39, 0.29) is 13.0 Å². The molecule has 0 aliphatic heterocycles. The Morgan fingerprint density at radius 1 is 1.09 bits per heavy atom. The zero-order valence-corrected chi connectivity index (χ0v) is 13.0. The maximum atomic E-state index is 11.8. The van der Waals surface area contributed by atoms with Crippen LogP contribution in [-0.2, 0) is 22.6 Å². The number of aliphatic carboxylic acids is 1. The highest BCUT2D eigenvalue weighted by atomic mass is 35.5. The van der Waals surface area contributed by atoms with E-state index in [1.165, 1.54) is 0 Å². The second-order valence-corrected chi connectivity index (χ2v) is 5.30. The first-order valence-electron chi connectivity index (χ1n) is 6.99. The molecule has 0 radical (unpaired) electrons. The molecule has 23 heavy (non-hydrogen) atoms. The van der Waals surface area contributed by atoms with E-state index in [9.17, 15) is 14.7 Å². The van der Waals surface area contributed by atoms with Crippen LogP contribution in [0.4, 0.5) is 4.79 Å². The first kappa shape index (κ1) is 16.8. The molecule has 0 aliphatic rings. The molecule has 2 aromatic carbocycles. The van der Waals surface area contributed by atoms with Crippen LogP contribution in [0.3, 0.4) is 0 Å². The lowest BCUT2D eigenvalue weighted by atomic mass is 10.1. The van der Waals surface area contributed by atoms with Crippen LogP contribution in [0, 0.1) is 0 Å².